The molecule has 50 heavy (non-hydrogen) atoms. The summed E-state index contributed by atoms with van der Waals surface area (Å²) in [4.78, 5) is 2.37. The molecule has 0 atom stereocenters. The SMILES string of the molecule is c1ccc(-c2ccccc2N(c2ccccc2)c2cccc(-c3ccc4c(ccc5ccc6cc7c(cc6c54)oc4ccccc47)c3)c2)cc1. The Morgan fingerprint density at radius 2 is 1.00 bits per heavy atom. The Balaban J connectivity index is 1.12. The molecule has 0 aliphatic carbocycles. The molecule has 0 saturated carbocycles. The number of hydrogen-bond acceptors (Lipinski definition) is 2. The number of furan rings is 1. The van der Waals surface area contributed by atoms with Crippen molar-refractivity contribution in [1.29, 1.82) is 0 Å². The molecule has 0 saturated heterocycles. The van der Waals surface area contributed by atoms with E-state index in [0.717, 1.165) is 39.0 Å². The van der Waals surface area contributed by atoms with Crippen LogP contribution in [0.25, 0.3) is 76.5 Å². The van der Waals surface area contributed by atoms with Crippen molar-refractivity contribution in [3.05, 3.63) is 188 Å². The maximum atomic E-state index is 6.32. The van der Waals surface area contributed by atoms with E-state index in [-0.39, 0.29) is 0 Å². The van der Waals surface area contributed by atoms with Crippen LogP contribution in [-0.4, -0.2) is 0 Å². The highest BCUT2D eigenvalue weighted by Crippen LogP contribution is 2.43. The van der Waals surface area contributed by atoms with Crippen molar-refractivity contribution in [3.8, 4) is 22.3 Å². The molecule has 0 fully saturated rings. The molecule has 0 amide bonds. The van der Waals surface area contributed by atoms with Gasteiger partial charge in [0.05, 0.1) is 5.69 Å². The number of anilines is 3. The minimum absolute atomic E-state index is 0.924. The minimum Gasteiger partial charge on any atom is -0.456 e. The third-order valence-corrected chi connectivity index (χ3v) is 9.99. The van der Waals surface area contributed by atoms with Gasteiger partial charge >= 0.3 is 0 Å². The van der Waals surface area contributed by atoms with E-state index in [0.29, 0.717) is 0 Å². The first kappa shape index (κ1) is 28.4. The summed E-state index contributed by atoms with van der Waals surface area (Å²) in [6, 6.07) is 67.5. The smallest absolute Gasteiger partial charge is 0.136 e. The topological polar surface area (TPSA) is 16.4 Å². The third kappa shape index (κ3) is 4.65. The number of hydrogen-bond donors (Lipinski definition) is 0. The number of fused-ring (bicyclic) bond motifs is 8. The first-order chi connectivity index (χ1) is 24.8. The van der Waals surface area contributed by atoms with Gasteiger partial charge in [0, 0.05) is 27.7 Å². The normalized spacial score (nSPS) is 11.6. The van der Waals surface area contributed by atoms with Crippen LogP contribution in [-0.2, 0) is 0 Å². The predicted molar refractivity (Wildman–Crippen MR) is 212 cm³/mol. The summed E-state index contributed by atoms with van der Waals surface area (Å²) in [5.74, 6) is 0. The summed E-state index contributed by atoms with van der Waals surface area (Å²) >= 11 is 0. The summed E-state index contributed by atoms with van der Waals surface area (Å²) < 4.78 is 6.32. The second kappa shape index (κ2) is 11.5. The lowest BCUT2D eigenvalue weighted by Gasteiger charge is -2.28. The molecule has 234 valence electrons. The molecule has 0 bridgehead atoms. The minimum atomic E-state index is 0.924. The van der Waals surface area contributed by atoms with Gasteiger partial charge < -0.3 is 9.32 Å². The molecule has 9 aromatic carbocycles. The first-order valence-corrected chi connectivity index (χ1v) is 17.1. The number of rotatable bonds is 5. The van der Waals surface area contributed by atoms with Crippen LogP contribution < -0.4 is 4.90 Å². The van der Waals surface area contributed by atoms with Gasteiger partial charge in [-0.05, 0) is 104 Å². The molecule has 0 radical (unpaired) electrons. The highest BCUT2D eigenvalue weighted by molar-refractivity contribution is 6.23. The van der Waals surface area contributed by atoms with E-state index in [1.165, 1.54) is 54.6 Å². The maximum Gasteiger partial charge on any atom is 0.136 e. The lowest BCUT2D eigenvalue weighted by Crippen LogP contribution is -2.11. The maximum absolute atomic E-state index is 6.32. The van der Waals surface area contributed by atoms with Gasteiger partial charge in [0.2, 0.25) is 0 Å². The molecule has 0 aliphatic rings. The van der Waals surface area contributed by atoms with Gasteiger partial charge in [-0.1, -0.05) is 133 Å². The summed E-state index contributed by atoms with van der Waals surface area (Å²) in [7, 11) is 0. The van der Waals surface area contributed by atoms with Crippen LogP contribution in [0.15, 0.2) is 192 Å². The lowest BCUT2D eigenvalue weighted by atomic mass is 9.93. The van der Waals surface area contributed by atoms with E-state index >= 15 is 0 Å². The van der Waals surface area contributed by atoms with Gasteiger partial charge in [-0.25, -0.2) is 0 Å². The van der Waals surface area contributed by atoms with E-state index in [9.17, 15) is 0 Å². The van der Waals surface area contributed by atoms with Crippen LogP contribution in [0, 0.1) is 0 Å². The Bertz CT molecular complexity index is 2870. The molecule has 0 aliphatic heterocycles. The van der Waals surface area contributed by atoms with Crippen molar-refractivity contribution in [1.82, 2.24) is 0 Å². The fourth-order valence-corrected chi connectivity index (χ4v) is 7.65. The standard InChI is InChI=1S/C48H31NO/c1-3-12-32(13-4-1)40-18-7-9-20-45(40)49(38-15-5-2-6-16-38)39-17-11-14-34(29-39)35-26-27-41-36(28-35)24-22-33-23-25-37-30-44-42-19-8-10-21-46(42)50-47(44)31-43(37)48(33)41/h1-31H. The summed E-state index contributed by atoms with van der Waals surface area (Å²) in [5, 5.41) is 9.69. The van der Waals surface area contributed by atoms with E-state index in [4.69, 9.17) is 4.42 Å². The van der Waals surface area contributed by atoms with Crippen molar-refractivity contribution in [2.45, 2.75) is 0 Å². The van der Waals surface area contributed by atoms with Gasteiger partial charge in [0.25, 0.3) is 0 Å². The monoisotopic (exact) mass is 637 g/mol. The zero-order valence-corrected chi connectivity index (χ0v) is 27.3. The average Bonchev–Trinajstić information content (AvgIpc) is 3.55. The van der Waals surface area contributed by atoms with E-state index in [1.54, 1.807) is 0 Å². The molecule has 0 spiro atoms. The Hall–Kier alpha value is -6.64. The van der Waals surface area contributed by atoms with Crippen LogP contribution in [0.4, 0.5) is 17.1 Å². The zero-order valence-electron chi connectivity index (χ0n) is 27.3. The molecule has 0 unspecified atom stereocenters. The van der Waals surface area contributed by atoms with Crippen LogP contribution in [0.3, 0.4) is 0 Å². The van der Waals surface area contributed by atoms with E-state index < -0.39 is 0 Å². The molecule has 10 aromatic rings. The van der Waals surface area contributed by atoms with Gasteiger partial charge in [-0.15, -0.1) is 0 Å². The zero-order chi connectivity index (χ0) is 33.0. The highest BCUT2D eigenvalue weighted by Gasteiger charge is 2.18. The molecule has 1 aromatic heterocycles. The highest BCUT2D eigenvalue weighted by atomic mass is 16.3. The number of benzene rings is 9. The average molecular weight is 638 g/mol. The van der Waals surface area contributed by atoms with Crippen molar-refractivity contribution >= 4 is 71.3 Å². The number of para-hydroxylation sites is 3. The largest absolute Gasteiger partial charge is 0.456 e. The fraction of sp³-hybridized carbons (Fsp3) is 0. The molecule has 1 heterocycles. The molecular formula is C48H31NO. The Morgan fingerprint density at radius 1 is 0.340 bits per heavy atom. The summed E-state index contributed by atoms with van der Waals surface area (Å²) in [6.07, 6.45) is 0. The fourth-order valence-electron chi connectivity index (χ4n) is 7.65. The third-order valence-electron chi connectivity index (χ3n) is 9.99. The van der Waals surface area contributed by atoms with Crippen LogP contribution >= 0.6 is 0 Å². The summed E-state index contributed by atoms with van der Waals surface area (Å²) in [5.41, 5.74) is 9.94. The van der Waals surface area contributed by atoms with E-state index in [2.05, 4.69) is 181 Å². The summed E-state index contributed by atoms with van der Waals surface area (Å²) in [6.45, 7) is 0. The van der Waals surface area contributed by atoms with Crippen molar-refractivity contribution in [2.75, 3.05) is 4.90 Å². The molecule has 2 nitrogen and oxygen atoms in total. The van der Waals surface area contributed by atoms with Crippen molar-refractivity contribution < 1.29 is 4.42 Å². The van der Waals surface area contributed by atoms with E-state index in [1.807, 2.05) is 12.1 Å². The Kier molecular flexibility index (Phi) is 6.53. The first-order valence-electron chi connectivity index (χ1n) is 17.1. The lowest BCUT2D eigenvalue weighted by molar-refractivity contribution is 0.669. The van der Waals surface area contributed by atoms with Gasteiger partial charge in [-0.3, -0.25) is 0 Å². The molecule has 2 heteroatoms. The quantitative estimate of drug-likeness (QED) is 0.175. The second-order valence-corrected chi connectivity index (χ2v) is 12.9. The molecular weight excluding hydrogens is 607 g/mol. The van der Waals surface area contributed by atoms with Gasteiger partial charge in [0.1, 0.15) is 11.2 Å². The molecule has 0 N–H and O–H groups in total. The van der Waals surface area contributed by atoms with Gasteiger partial charge in [0.15, 0.2) is 0 Å². The van der Waals surface area contributed by atoms with Crippen molar-refractivity contribution in [2.24, 2.45) is 0 Å². The van der Waals surface area contributed by atoms with Crippen LogP contribution in [0.1, 0.15) is 0 Å². The predicted octanol–water partition coefficient (Wildman–Crippen LogP) is 13.8. The van der Waals surface area contributed by atoms with Crippen LogP contribution in [0.5, 0.6) is 0 Å². The van der Waals surface area contributed by atoms with Gasteiger partial charge in [-0.2, -0.15) is 0 Å². The van der Waals surface area contributed by atoms with Crippen LogP contribution in [0.2, 0.25) is 0 Å². The molecule has 10 rings (SSSR count). The Morgan fingerprint density at radius 3 is 1.86 bits per heavy atom. The second-order valence-electron chi connectivity index (χ2n) is 12.9. The van der Waals surface area contributed by atoms with Crippen molar-refractivity contribution in [3.63, 3.8) is 0 Å². The Labute approximate surface area is 290 Å². The number of nitrogens with zero attached hydrogens (tertiary/aromatic N) is 1.